The van der Waals surface area contributed by atoms with Gasteiger partial charge in [0.25, 0.3) is 0 Å². The summed E-state index contributed by atoms with van der Waals surface area (Å²) < 4.78 is 0. The van der Waals surface area contributed by atoms with Gasteiger partial charge in [0.1, 0.15) is 23.9 Å². The average Bonchev–Trinajstić information content (AvgIpc) is 2.80. The Morgan fingerprint density at radius 3 is 1.81 bits per heavy atom. The van der Waals surface area contributed by atoms with E-state index in [4.69, 9.17) is 10.8 Å². The molecule has 8 N–H and O–H groups in total. The fraction of sp³-hybridized carbons (Fsp3) is 0.560. The number of benzene rings is 1. The second kappa shape index (κ2) is 14.8. The van der Waals surface area contributed by atoms with Crippen molar-refractivity contribution in [3.8, 4) is 5.75 Å². The van der Waals surface area contributed by atoms with E-state index in [0.29, 0.717) is 5.56 Å². The lowest BCUT2D eigenvalue weighted by atomic mass is 9.99. The molecule has 0 bridgehead atoms. The number of carboxylic acids is 2. The number of aliphatic carboxylic acids is 2. The fourth-order valence-electron chi connectivity index (χ4n) is 3.42. The van der Waals surface area contributed by atoms with E-state index in [9.17, 15) is 34.2 Å². The van der Waals surface area contributed by atoms with E-state index in [1.807, 2.05) is 13.8 Å². The number of phenols is 1. The maximum atomic E-state index is 13.1. The molecule has 3 amide bonds. The van der Waals surface area contributed by atoms with Gasteiger partial charge >= 0.3 is 11.9 Å². The minimum absolute atomic E-state index is 0.00602. The van der Waals surface area contributed by atoms with Gasteiger partial charge < -0.3 is 37.0 Å². The summed E-state index contributed by atoms with van der Waals surface area (Å²) in [5.41, 5.74) is 6.41. The zero-order valence-corrected chi connectivity index (χ0v) is 21.6. The molecule has 4 atom stereocenters. The summed E-state index contributed by atoms with van der Waals surface area (Å²) in [4.78, 5) is 61.5. The van der Waals surface area contributed by atoms with Crippen molar-refractivity contribution in [1.29, 1.82) is 0 Å². The molecule has 0 saturated heterocycles. The molecule has 12 heteroatoms. The van der Waals surface area contributed by atoms with E-state index in [0.717, 1.165) is 0 Å². The molecule has 0 aliphatic heterocycles. The molecular weight excluding hydrogens is 484 g/mol. The molecule has 4 unspecified atom stereocenters. The van der Waals surface area contributed by atoms with Crippen molar-refractivity contribution in [3.05, 3.63) is 29.8 Å². The lowest BCUT2D eigenvalue weighted by molar-refractivity contribution is -0.143. The van der Waals surface area contributed by atoms with Gasteiger partial charge in [0.15, 0.2) is 0 Å². The molecule has 0 fully saturated rings. The minimum atomic E-state index is -1.38. The first kappa shape index (κ1) is 31.4. The molecule has 206 valence electrons. The second-order valence-corrected chi connectivity index (χ2v) is 9.72. The monoisotopic (exact) mass is 522 g/mol. The van der Waals surface area contributed by atoms with Gasteiger partial charge in [-0.05, 0) is 42.4 Å². The quantitative estimate of drug-likeness (QED) is 0.169. The summed E-state index contributed by atoms with van der Waals surface area (Å²) in [6.45, 7) is 7.19. The Morgan fingerprint density at radius 1 is 0.811 bits per heavy atom. The summed E-state index contributed by atoms with van der Waals surface area (Å²) in [6.07, 6.45) is -0.645. The number of aromatic hydroxyl groups is 1. The normalized spacial score (nSPS) is 14.4. The Hall–Kier alpha value is -3.67. The molecular formula is C25H38N4O8. The van der Waals surface area contributed by atoms with Crippen LogP contribution in [0.25, 0.3) is 0 Å². The first-order valence-corrected chi connectivity index (χ1v) is 12.1. The van der Waals surface area contributed by atoms with Crippen molar-refractivity contribution >= 4 is 29.7 Å². The number of amides is 3. The van der Waals surface area contributed by atoms with Crippen molar-refractivity contribution in [3.63, 3.8) is 0 Å². The van der Waals surface area contributed by atoms with Crippen LogP contribution in [-0.2, 0) is 30.4 Å². The highest BCUT2D eigenvalue weighted by molar-refractivity contribution is 5.94. The Bertz CT molecular complexity index is 949. The molecule has 1 aromatic rings. The highest BCUT2D eigenvalue weighted by Crippen LogP contribution is 2.12. The molecule has 0 aliphatic rings. The van der Waals surface area contributed by atoms with E-state index < -0.39 is 60.2 Å². The SMILES string of the molecule is CC(C)CC(NC(=O)C(N)C(C)C)C(=O)NC(CCC(=O)O)C(=O)NC(Cc1ccc(O)cc1)C(=O)O. The third-order valence-electron chi connectivity index (χ3n) is 5.63. The topological polar surface area (TPSA) is 208 Å². The Labute approximate surface area is 216 Å². The first-order valence-electron chi connectivity index (χ1n) is 12.1. The van der Waals surface area contributed by atoms with Gasteiger partial charge in [-0.3, -0.25) is 19.2 Å². The van der Waals surface area contributed by atoms with Crippen molar-refractivity contribution in [1.82, 2.24) is 16.0 Å². The zero-order valence-electron chi connectivity index (χ0n) is 21.6. The maximum Gasteiger partial charge on any atom is 0.326 e. The fourth-order valence-corrected chi connectivity index (χ4v) is 3.42. The van der Waals surface area contributed by atoms with Crippen molar-refractivity contribution in [2.75, 3.05) is 0 Å². The van der Waals surface area contributed by atoms with Crippen LogP contribution >= 0.6 is 0 Å². The van der Waals surface area contributed by atoms with Crippen LogP contribution in [0.4, 0.5) is 0 Å². The van der Waals surface area contributed by atoms with Crippen LogP contribution in [0.5, 0.6) is 5.75 Å². The average molecular weight is 523 g/mol. The summed E-state index contributed by atoms with van der Waals surface area (Å²) in [7, 11) is 0. The van der Waals surface area contributed by atoms with Crippen LogP contribution in [0.15, 0.2) is 24.3 Å². The number of phenolic OH excluding ortho intramolecular Hbond substituents is 1. The summed E-state index contributed by atoms with van der Waals surface area (Å²) in [5, 5.41) is 35.5. The summed E-state index contributed by atoms with van der Waals surface area (Å²) in [6, 6.07) is 1.12. The van der Waals surface area contributed by atoms with Gasteiger partial charge in [-0.25, -0.2) is 4.79 Å². The number of carbonyl (C=O) groups is 5. The number of nitrogens with two attached hydrogens (primary N) is 1. The highest BCUT2D eigenvalue weighted by Gasteiger charge is 2.31. The molecule has 0 saturated carbocycles. The van der Waals surface area contributed by atoms with Gasteiger partial charge in [-0.2, -0.15) is 0 Å². The van der Waals surface area contributed by atoms with Crippen LogP contribution in [0.1, 0.15) is 52.5 Å². The van der Waals surface area contributed by atoms with Gasteiger partial charge in [0, 0.05) is 12.8 Å². The molecule has 0 heterocycles. The Balaban J connectivity index is 3.06. The predicted octanol–water partition coefficient (Wildman–Crippen LogP) is 0.368. The lowest BCUT2D eigenvalue weighted by Crippen LogP contribution is -2.58. The Kier molecular flexibility index (Phi) is 12.5. The van der Waals surface area contributed by atoms with Gasteiger partial charge in [-0.15, -0.1) is 0 Å². The van der Waals surface area contributed by atoms with Crippen molar-refractivity contribution < 1.29 is 39.3 Å². The number of carboxylic acid groups (broad SMARTS) is 2. The summed E-state index contributed by atoms with van der Waals surface area (Å²) >= 11 is 0. The van der Waals surface area contributed by atoms with E-state index in [1.165, 1.54) is 24.3 Å². The first-order chi connectivity index (χ1) is 17.2. The third kappa shape index (κ3) is 11.3. The molecule has 0 aromatic heterocycles. The maximum absolute atomic E-state index is 13.1. The smallest absolute Gasteiger partial charge is 0.326 e. The van der Waals surface area contributed by atoms with Crippen LogP contribution in [-0.4, -0.2) is 69.1 Å². The van der Waals surface area contributed by atoms with Gasteiger partial charge in [0.05, 0.1) is 6.04 Å². The second-order valence-electron chi connectivity index (χ2n) is 9.72. The van der Waals surface area contributed by atoms with Crippen LogP contribution in [0, 0.1) is 11.8 Å². The van der Waals surface area contributed by atoms with E-state index in [1.54, 1.807) is 13.8 Å². The number of rotatable bonds is 15. The molecule has 1 aromatic carbocycles. The van der Waals surface area contributed by atoms with Gasteiger partial charge in [0.2, 0.25) is 17.7 Å². The molecule has 0 spiro atoms. The number of hydrogen-bond donors (Lipinski definition) is 7. The molecule has 1 rings (SSSR count). The van der Waals surface area contributed by atoms with Crippen molar-refractivity contribution in [2.45, 2.75) is 77.5 Å². The number of nitrogens with one attached hydrogen (secondary N) is 3. The zero-order chi connectivity index (χ0) is 28.3. The largest absolute Gasteiger partial charge is 0.508 e. The van der Waals surface area contributed by atoms with Crippen molar-refractivity contribution in [2.24, 2.45) is 17.6 Å². The third-order valence-corrected chi connectivity index (χ3v) is 5.63. The van der Waals surface area contributed by atoms with E-state index in [2.05, 4.69) is 16.0 Å². The minimum Gasteiger partial charge on any atom is -0.508 e. The standard InChI is InChI=1S/C25H38N4O8/c1-13(2)11-18(28-24(35)21(26)14(3)4)23(34)27-17(9-10-20(31)32)22(33)29-19(25(36)37)12-15-5-7-16(30)8-6-15/h5-8,13-14,17-19,21,30H,9-12,26H2,1-4H3,(H,27,34)(H,28,35)(H,29,33)(H,31,32)(H,36,37). The Morgan fingerprint density at radius 2 is 1.32 bits per heavy atom. The molecule has 0 radical (unpaired) electrons. The lowest BCUT2D eigenvalue weighted by Gasteiger charge is -2.26. The molecule has 0 aliphatic carbocycles. The predicted molar refractivity (Wildman–Crippen MR) is 134 cm³/mol. The molecule has 12 nitrogen and oxygen atoms in total. The van der Waals surface area contributed by atoms with Crippen LogP contribution in [0.3, 0.4) is 0 Å². The van der Waals surface area contributed by atoms with Crippen LogP contribution in [0.2, 0.25) is 0 Å². The van der Waals surface area contributed by atoms with Crippen LogP contribution < -0.4 is 21.7 Å². The summed E-state index contributed by atoms with van der Waals surface area (Å²) in [5.74, 6) is -4.88. The van der Waals surface area contributed by atoms with Gasteiger partial charge in [-0.1, -0.05) is 39.8 Å². The number of carbonyl (C=O) groups excluding carboxylic acids is 3. The van der Waals surface area contributed by atoms with E-state index in [-0.39, 0.29) is 36.8 Å². The number of hydrogen-bond acceptors (Lipinski definition) is 7. The van der Waals surface area contributed by atoms with E-state index >= 15 is 0 Å². The molecule has 37 heavy (non-hydrogen) atoms. The highest BCUT2D eigenvalue weighted by atomic mass is 16.4.